The highest BCUT2D eigenvalue weighted by atomic mass is 32.2. The number of hydrogen-bond acceptors (Lipinski definition) is 6. The molecule has 3 rings (SSSR count). The summed E-state index contributed by atoms with van der Waals surface area (Å²) in [4.78, 5) is 0.0417. The van der Waals surface area contributed by atoms with Crippen molar-refractivity contribution in [3.8, 4) is 23.9 Å². The number of rotatable bonds is 8. The molecule has 0 saturated carbocycles. The fraction of sp³-hybridized carbons (Fsp3) is 0.353. The van der Waals surface area contributed by atoms with Gasteiger partial charge in [0.15, 0.2) is 5.66 Å². The Bertz CT molecular complexity index is 965. The van der Waals surface area contributed by atoms with Crippen LogP contribution in [-0.4, -0.2) is 30.5 Å². The summed E-state index contributed by atoms with van der Waals surface area (Å²) < 4.78 is 30.2. The Morgan fingerprint density at radius 3 is 2.54 bits per heavy atom. The number of terminal acetylenes is 1. The van der Waals surface area contributed by atoms with Gasteiger partial charge in [0, 0.05) is 25.3 Å². The molecule has 1 aromatic carbocycles. The number of primary sulfonamides is 1. The molecule has 2 aromatic rings. The number of nitrogens with two attached hydrogens (primary N) is 1. The second-order valence-electron chi connectivity index (χ2n) is 6.06. The van der Waals surface area contributed by atoms with Crippen molar-refractivity contribution in [1.29, 1.82) is 0 Å². The molecule has 1 aliphatic rings. The van der Waals surface area contributed by atoms with Crippen molar-refractivity contribution in [3.05, 3.63) is 36.0 Å². The third-order valence-corrected chi connectivity index (χ3v) is 4.94. The van der Waals surface area contributed by atoms with Gasteiger partial charge < -0.3 is 4.74 Å². The quantitative estimate of drug-likeness (QED) is 0.715. The number of ether oxygens (including phenoxy) is 1. The van der Waals surface area contributed by atoms with Crippen LogP contribution in [0.3, 0.4) is 0 Å². The standard InChI is InChI=1S/C17H19N5O3S/c1-3-4-9-17(20-21-17)10-11-25-16-12-13(2)19-22(16)14-5-7-15(8-6-14)26(18,23)24/h1,5-8,12H,4,9-11H2,2H3,(H2,18,23,24). The fourth-order valence-corrected chi connectivity index (χ4v) is 3.04. The van der Waals surface area contributed by atoms with Crippen LogP contribution in [0.4, 0.5) is 0 Å². The molecular formula is C17H19N5O3S. The Labute approximate surface area is 152 Å². The third-order valence-electron chi connectivity index (χ3n) is 4.01. The van der Waals surface area contributed by atoms with Crippen LogP contribution in [0.2, 0.25) is 0 Å². The van der Waals surface area contributed by atoms with Crippen molar-refractivity contribution >= 4 is 10.0 Å². The molecule has 2 N–H and O–H groups in total. The van der Waals surface area contributed by atoms with E-state index in [4.69, 9.17) is 16.3 Å². The largest absolute Gasteiger partial charge is 0.477 e. The molecule has 136 valence electrons. The lowest BCUT2D eigenvalue weighted by Gasteiger charge is -2.12. The Morgan fingerprint density at radius 1 is 1.27 bits per heavy atom. The molecule has 8 nitrogen and oxygen atoms in total. The molecular weight excluding hydrogens is 354 g/mol. The first-order valence-electron chi connectivity index (χ1n) is 8.03. The van der Waals surface area contributed by atoms with Gasteiger partial charge in [0.05, 0.1) is 22.9 Å². The summed E-state index contributed by atoms with van der Waals surface area (Å²) in [5, 5.41) is 17.7. The van der Waals surface area contributed by atoms with E-state index in [9.17, 15) is 8.42 Å². The lowest BCUT2D eigenvalue weighted by atomic mass is 10.1. The maximum atomic E-state index is 11.4. The number of aromatic nitrogens is 2. The molecule has 0 fully saturated rings. The van der Waals surface area contributed by atoms with Crippen molar-refractivity contribution in [2.24, 2.45) is 15.4 Å². The average molecular weight is 373 g/mol. The maximum Gasteiger partial charge on any atom is 0.238 e. The van der Waals surface area contributed by atoms with Crippen molar-refractivity contribution < 1.29 is 13.2 Å². The van der Waals surface area contributed by atoms with Gasteiger partial charge in [-0.2, -0.15) is 15.3 Å². The summed E-state index contributed by atoms with van der Waals surface area (Å²) in [6.07, 6.45) is 7.28. The van der Waals surface area contributed by atoms with Gasteiger partial charge in [-0.25, -0.2) is 18.2 Å². The van der Waals surface area contributed by atoms with Crippen LogP contribution in [-0.2, 0) is 10.0 Å². The monoisotopic (exact) mass is 373 g/mol. The second-order valence-corrected chi connectivity index (χ2v) is 7.62. The van der Waals surface area contributed by atoms with E-state index in [-0.39, 0.29) is 4.90 Å². The third kappa shape index (κ3) is 4.09. The number of benzene rings is 1. The minimum Gasteiger partial charge on any atom is -0.477 e. The highest BCUT2D eigenvalue weighted by Gasteiger charge is 2.39. The van der Waals surface area contributed by atoms with E-state index < -0.39 is 15.7 Å². The van der Waals surface area contributed by atoms with Gasteiger partial charge >= 0.3 is 0 Å². The molecule has 26 heavy (non-hydrogen) atoms. The Kier molecular flexibility index (Phi) is 4.80. The smallest absolute Gasteiger partial charge is 0.238 e. The molecule has 0 amide bonds. The summed E-state index contributed by atoms with van der Waals surface area (Å²) in [5.74, 6) is 3.15. The van der Waals surface area contributed by atoms with E-state index in [2.05, 4.69) is 21.2 Å². The van der Waals surface area contributed by atoms with Gasteiger partial charge in [-0.05, 0) is 31.2 Å². The van der Waals surface area contributed by atoms with Gasteiger partial charge in [0.1, 0.15) is 0 Å². The van der Waals surface area contributed by atoms with Crippen LogP contribution in [0.15, 0.2) is 45.5 Å². The van der Waals surface area contributed by atoms with E-state index in [1.807, 2.05) is 13.0 Å². The molecule has 9 heteroatoms. The predicted octanol–water partition coefficient (Wildman–Crippen LogP) is 2.17. The first-order chi connectivity index (χ1) is 12.3. The number of sulfonamides is 1. The minimum absolute atomic E-state index is 0.0417. The second kappa shape index (κ2) is 6.90. The molecule has 0 spiro atoms. The Hall–Kier alpha value is -2.70. The number of nitrogens with zero attached hydrogens (tertiary/aromatic N) is 4. The zero-order chi connectivity index (χ0) is 18.8. The zero-order valence-electron chi connectivity index (χ0n) is 14.3. The van der Waals surface area contributed by atoms with Gasteiger partial charge in [-0.3, -0.25) is 0 Å². The fourth-order valence-electron chi connectivity index (χ4n) is 2.53. The highest BCUT2D eigenvalue weighted by molar-refractivity contribution is 7.89. The Morgan fingerprint density at radius 2 is 1.96 bits per heavy atom. The lowest BCUT2D eigenvalue weighted by molar-refractivity contribution is 0.267. The van der Waals surface area contributed by atoms with E-state index in [0.29, 0.717) is 31.0 Å². The molecule has 0 unspecified atom stereocenters. The van der Waals surface area contributed by atoms with Gasteiger partial charge in [-0.15, -0.1) is 12.3 Å². The molecule has 0 aliphatic carbocycles. The first kappa shape index (κ1) is 18.1. The summed E-state index contributed by atoms with van der Waals surface area (Å²) >= 11 is 0. The normalized spacial score (nSPS) is 14.8. The van der Waals surface area contributed by atoms with Crippen molar-refractivity contribution in [1.82, 2.24) is 9.78 Å². The van der Waals surface area contributed by atoms with Crippen molar-refractivity contribution in [3.63, 3.8) is 0 Å². The van der Waals surface area contributed by atoms with Crippen LogP contribution in [0.5, 0.6) is 5.88 Å². The van der Waals surface area contributed by atoms with Crippen molar-refractivity contribution in [2.75, 3.05) is 6.61 Å². The molecule has 0 saturated heterocycles. The van der Waals surface area contributed by atoms with Crippen LogP contribution in [0.1, 0.15) is 25.0 Å². The van der Waals surface area contributed by atoms with Crippen LogP contribution >= 0.6 is 0 Å². The van der Waals surface area contributed by atoms with E-state index in [1.54, 1.807) is 16.8 Å². The number of aryl methyl sites for hydroxylation is 1. The van der Waals surface area contributed by atoms with Gasteiger partial charge in [-0.1, -0.05) is 0 Å². The molecule has 1 aliphatic heterocycles. The SMILES string of the molecule is C#CCCC1(CCOc2cc(C)nn2-c2ccc(S(N)(=O)=O)cc2)N=N1. The Balaban J connectivity index is 1.70. The average Bonchev–Trinajstić information content (AvgIpc) is 3.27. The van der Waals surface area contributed by atoms with Crippen LogP contribution in [0, 0.1) is 19.3 Å². The lowest BCUT2D eigenvalue weighted by Crippen LogP contribution is -2.16. The van der Waals surface area contributed by atoms with Gasteiger partial charge in [0.25, 0.3) is 0 Å². The summed E-state index contributed by atoms with van der Waals surface area (Å²) in [5.41, 5.74) is 1.05. The van der Waals surface area contributed by atoms with Gasteiger partial charge in [0.2, 0.25) is 15.9 Å². The maximum absolute atomic E-state index is 11.4. The summed E-state index contributed by atoms with van der Waals surface area (Å²) in [6, 6.07) is 7.92. The van der Waals surface area contributed by atoms with E-state index >= 15 is 0 Å². The molecule has 2 heterocycles. The predicted molar refractivity (Wildman–Crippen MR) is 95.4 cm³/mol. The summed E-state index contributed by atoms with van der Waals surface area (Å²) in [7, 11) is -3.73. The topological polar surface area (TPSA) is 112 Å². The number of hydrogen-bond donors (Lipinski definition) is 1. The molecule has 0 bridgehead atoms. The summed E-state index contributed by atoms with van der Waals surface area (Å²) in [6.45, 7) is 2.26. The van der Waals surface area contributed by atoms with Crippen molar-refractivity contribution in [2.45, 2.75) is 36.7 Å². The van der Waals surface area contributed by atoms with E-state index in [0.717, 1.165) is 12.1 Å². The molecule has 0 atom stereocenters. The minimum atomic E-state index is -3.73. The van der Waals surface area contributed by atoms with E-state index in [1.165, 1.54) is 12.1 Å². The van der Waals surface area contributed by atoms with Crippen LogP contribution in [0.25, 0.3) is 5.69 Å². The highest BCUT2D eigenvalue weighted by Crippen LogP contribution is 2.36. The molecule has 0 radical (unpaired) electrons. The first-order valence-corrected chi connectivity index (χ1v) is 9.58. The zero-order valence-corrected chi connectivity index (χ0v) is 15.1. The molecule has 1 aromatic heterocycles. The van der Waals surface area contributed by atoms with Crippen LogP contribution < -0.4 is 9.88 Å².